The van der Waals surface area contributed by atoms with Crippen LogP contribution < -0.4 is 10.4 Å². The van der Waals surface area contributed by atoms with E-state index in [-0.39, 0.29) is 16.9 Å². The normalized spacial score (nSPS) is 22.5. The Kier molecular flexibility index (Phi) is 8.00. The topological polar surface area (TPSA) is 35.5 Å². The van der Waals surface area contributed by atoms with E-state index in [0.717, 1.165) is 12.8 Å². The zero-order valence-electron chi connectivity index (χ0n) is 20.6. The Morgan fingerprint density at radius 1 is 1.00 bits per heavy atom. The molecule has 0 spiro atoms. The van der Waals surface area contributed by atoms with Gasteiger partial charge in [0, 0.05) is 6.61 Å². The fourth-order valence-electron chi connectivity index (χ4n) is 5.65. The fraction of sp³-hybridized carbons (Fsp3) is 0.536. The van der Waals surface area contributed by atoms with Gasteiger partial charge in [-0.25, -0.2) is 0 Å². The SMILES string of the molecule is CCOC(=O)[C@H](C)[C@H]1CC[C@H](C)[C@H]1CO[Si](c1ccccc1)(c1ccccc1)C(C)(C)C. The molecule has 2 aromatic carbocycles. The van der Waals surface area contributed by atoms with E-state index in [1.807, 2.05) is 13.8 Å². The summed E-state index contributed by atoms with van der Waals surface area (Å²) in [7, 11) is -2.57. The van der Waals surface area contributed by atoms with Crippen LogP contribution in [-0.4, -0.2) is 27.5 Å². The Morgan fingerprint density at radius 3 is 2.00 bits per heavy atom. The maximum Gasteiger partial charge on any atom is 0.308 e. The highest BCUT2D eigenvalue weighted by molar-refractivity contribution is 6.99. The molecule has 3 nitrogen and oxygen atoms in total. The molecule has 0 aliphatic heterocycles. The van der Waals surface area contributed by atoms with Crippen molar-refractivity contribution in [2.24, 2.45) is 23.7 Å². The van der Waals surface area contributed by atoms with Crippen LogP contribution in [0, 0.1) is 23.7 Å². The van der Waals surface area contributed by atoms with Crippen LogP contribution in [0.3, 0.4) is 0 Å². The summed E-state index contributed by atoms with van der Waals surface area (Å²) in [5, 5.41) is 2.57. The molecule has 1 aliphatic carbocycles. The van der Waals surface area contributed by atoms with E-state index in [0.29, 0.717) is 31.0 Å². The first-order chi connectivity index (χ1) is 15.2. The molecule has 0 aromatic heterocycles. The Labute approximate surface area is 195 Å². The lowest BCUT2D eigenvalue weighted by Gasteiger charge is -2.44. The Hall–Kier alpha value is -1.91. The molecule has 1 saturated carbocycles. The molecule has 1 fully saturated rings. The van der Waals surface area contributed by atoms with Crippen molar-refractivity contribution in [3.63, 3.8) is 0 Å². The van der Waals surface area contributed by atoms with Gasteiger partial charge in [-0.1, -0.05) is 102 Å². The van der Waals surface area contributed by atoms with Crippen LogP contribution in [0.5, 0.6) is 0 Å². The smallest absolute Gasteiger partial charge is 0.308 e. The van der Waals surface area contributed by atoms with Crippen molar-refractivity contribution in [2.75, 3.05) is 13.2 Å². The van der Waals surface area contributed by atoms with Gasteiger partial charge < -0.3 is 9.16 Å². The Balaban J connectivity index is 1.98. The molecule has 3 rings (SSSR count). The van der Waals surface area contributed by atoms with Gasteiger partial charge in [0.25, 0.3) is 8.32 Å². The minimum absolute atomic E-state index is 0.0419. The van der Waals surface area contributed by atoms with E-state index in [9.17, 15) is 4.79 Å². The molecule has 0 unspecified atom stereocenters. The summed E-state index contributed by atoms with van der Waals surface area (Å²) in [5.41, 5.74) is 0. The lowest BCUT2D eigenvalue weighted by molar-refractivity contribution is -0.150. The molecule has 0 N–H and O–H groups in total. The summed E-state index contributed by atoms with van der Waals surface area (Å²) in [4.78, 5) is 12.5. The van der Waals surface area contributed by atoms with Crippen LogP contribution in [0.25, 0.3) is 0 Å². The second kappa shape index (κ2) is 10.3. The van der Waals surface area contributed by atoms with Crippen LogP contribution >= 0.6 is 0 Å². The maximum atomic E-state index is 12.5. The highest BCUT2D eigenvalue weighted by atomic mass is 28.4. The van der Waals surface area contributed by atoms with Gasteiger partial charge in [0.15, 0.2) is 0 Å². The van der Waals surface area contributed by atoms with Gasteiger partial charge in [-0.3, -0.25) is 4.79 Å². The molecular weight excluding hydrogens is 412 g/mol. The predicted octanol–water partition coefficient (Wildman–Crippen LogP) is 5.42. The van der Waals surface area contributed by atoms with Gasteiger partial charge in [0.1, 0.15) is 0 Å². The quantitative estimate of drug-likeness (QED) is 0.396. The van der Waals surface area contributed by atoms with Crippen molar-refractivity contribution in [2.45, 2.75) is 59.4 Å². The molecule has 0 saturated heterocycles. The Morgan fingerprint density at radius 2 is 1.53 bits per heavy atom. The third-order valence-electron chi connectivity index (χ3n) is 7.45. The van der Waals surface area contributed by atoms with Gasteiger partial charge in [0.2, 0.25) is 0 Å². The lowest BCUT2D eigenvalue weighted by Crippen LogP contribution is -2.67. The summed E-state index contributed by atoms with van der Waals surface area (Å²) in [5.74, 6) is 1.04. The summed E-state index contributed by atoms with van der Waals surface area (Å²) in [6, 6.07) is 21.6. The molecular formula is C28H40O3Si. The zero-order valence-corrected chi connectivity index (χ0v) is 21.6. The van der Waals surface area contributed by atoms with Crippen molar-refractivity contribution in [1.29, 1.82) is 0 Å². The summed E-state index contributed by atoms with van der Waals surface area (Å²) < 4.78 is 12.6. The van der Waals surface area contributed by atoms with E-state index < -0.39 is 8.32 Å². The molecule has 0 radical (unpaired) electrons. The van der Waals surface area contributed by atoms with Crippen LogP contribution in [0.15, 0.2) is 60.7 Å². The fourth-order valence-corrected chi connectivity index (χ4v) is 10.2. The van der Waals surface area contributed by atoms with Gasteiger partial charge in [-0.15, -0.1) is 0 Å². The average Bonchev–Trinajstić information content (AvgIpc) is 3.14. The molecule has 1 aliphatic rings. The molecule has 2 aromatic rings. The molecule has 4 heteroatoms. The summed E-state index contributed by atoms with van der Waals surface area (Å²) in [6.45, 7) is 14.3. The molecule has 0 heterocycles. The predicted molar refractivity (Wildman–Crippen MR) is 135 cm³/mol. The summed E-state index contributed by atoms with van der Waals surface area (Å²) in [6.07, 6.45) is 2.21. The maximum absolute atomic E-state index is 12.5. The number of benzene rings is 2. The molecule has 4 atom stereocenters. The van der Waals surface area contributed by atoms with Crippen molar-refractivity contribution in [1.82, 2.24) is 0 Å². The van der Waals surface area contributed by atoms with Crippen LogP contribution in [0.1, 0.15) is 54.4 Å². The standard InChI is InChI=1S/C28H40O3Si/c1-7-30-27(29)22(3)25-19-18-21(2)26(25)20-31-32(28(4,5)6,23-14-10-8-11-15-23)24-16-12-9-13-17-24/h8-17,21-22,25-26H,7,18-20H2,1-6H3/t21-,22+,25+,26+/m0/s1. The number of carbonyl (C=O) groups excluding carboxylic acids is 1. The van der Waals surface area contributed by atoms with Crippen molar-refractivity contribution >= 4 is 24.7 Å². The molecule has 174 valence electrons. The van der Waals surface area contributed by atoms with Crippen LogP contribution in [0.2, 0.25) is 5.04 Å². The van der Waals surface area contributed by atoms with Crippen LogP contribution in [-0.2, 0) is 14.0 Å². The van der Waals surface area contributed by atoms with E-state index >= 15 is 0 Å². The first-order valence-corrected chi connectivity index (χ1v) is 14.0. The molecule has 32 heavy (non-hydrogen) atoms. The number of rotatable bonds is 8. The average molecular weight is 453 g/mol. The molecule has 0 bridgehead atoms. The number of ether oxygens (including phenoxy) is 1. The summed E-state index contributed by atoms with van der Waals surface area (Å²) >= 11 is 0. The second-order valence-corrected chi connectivity index (χ2v) is 14.7. The highest BCUT2D eigenvalue weighted by Crippen LogP contribution is 2.44. The molecule has 0 amide bonds. The van der Waals surface area contributed by atoms with Crippen molar-refractivity contribution in [3.8, 4) is 0 Å². The van der Waals surface area contributed by atoms with E-state index in [1.54, 1.807) is 0 Å². The Bertz CT molecular complexity index is 820. The lowest BCUT2D eigenvalue weighted by atomic mass is 9.83. The first-order valence-electron chi connectivity index (χ1n) is 12.1. The van der Waals surface area contributed by atoms with Crippen molar-refractivity contribution in [3.05, 3.63) is 60.7 Å². The minimum Gasteiger partial charge on any atom is -0.466 e. The van der Waals surface area contributed by atoms with Gasteiger partial charge >= 0.3 is 5.97 Å². The van der Waals surface area contributed by atoms with Gasteiger partial charge in [-0.05, 0) is 46.5 Å². The first kappa shape index (κ1) is 24.7. The number of hydrogen-bond acceptors (Lipinski definition) is 3. The van der Waals surface area contributed by atoms with Crippen molar-refractivity contribution < 1.29 is 14.0 Å². The number of esters is 1. The number of hydrogen-bond donors (Lipinski definition) is 0. The highest BCUT2D eigenvalue weighted by Gasteiger charge is 2.51. The van der Waals surface area contributed by atoms with E-state index in [4.69, 9.17) is 9.16 Å². The van der Waals surface area contributed by atoms with E-state index in [2.05, 4.69) is 88.4 Å². The zero-order chi connectivity index (χ0) is 23.4. The third-order valence-corrected chi connectivity index (χ3v) is 12.5. The largest absolute Gasteiger partial charge is 0.466 e. The van der Waals surface area contributed by atoms with Gasteiger partial charge in [-0.2, -0.15) is 0 Å². The minimum atomic E-state index is -2.57. The number of carbonyl (C=O) groups is 1. The van der Waals surface area contributed by atoms with E-state index in [1.165, 1.54) is 10.4 Å². The third kappa shape index (κ3) is 4.86. The van der Waals surface area contributed by atoms with Gasteiger partial charge in [0.05, 0.1) is 12.5 Å². The monoisotopic (exact) mass is 452 g/mol. The second-order valence-electron chi connectivity index (χ2n) is 10.4. The van der Waals surface area contributed by atoms with Crippen LogP contribution in [0.4, 0.5) is 0 Å².